The minimum Gasteiger partial charge on any atom is -0.508 e. The number of alkyl halides is 1. The van der Waals surface area contributed by atoms with Crippen molar-refractivity contribution in [1.82, 2.24) is 20.1 Å². The lowest BCUT2D eigenvalue weighted by atomic mass is 10.0. The van der Waals surface area contributed by atoms with E-state index in [1.165, 1.54) is 24.4 Å². The van der Waals surface area contributed by atoms with Crippen LogP contribution in [0.4, 0.5) is 4.39 Å². The number of hydrogen-bond donors (Lipinski definition) is 2. The number of piperidine rings is 2. The average molecular weight is 611 g/mol. The van der Waals surface area contributed by atoms with E-state index in [1.807, 2.05) is 4.90 Å². The number of benzene rings is 2. The topological polar surface area (TPSA) is 129 Å². The van der Waals surface area contributed by atoms with Gasteiger partial charge in [0.2, 0.25) is 0 Å². The predicted octanol–water partition coefficient (Wildman–Crippen LogP) is 3.22. The SMILES string of the molecule is CS(=O)(=O)c1ccc(OC2CCN(C(=O)c3ccc(C(=O)N[C@@H]4CCN(Cc5ccc(O)cc5)C[C@H]4F)nc3)CC2)cc1. The van der Waals surface area contributed by atoms with E-state index in [-0.39, 0.29) is 34.9 Å². The van der Waals surface area contributed by atoms with Crippen molar-refractivity contribution in [2.75, 3.05) is 32.4 Å². The number of aromatic nitrogens is 1. The number of rotatable bonds is 8. The summed E-state index contributed by atoms with van der Waals surface area (Å²) < 4.78 is 44.2. The molecule has 2 amide bonds. The smallest absolute Gasteiger partial charge is 0.270 e. The summed E-state index contributed by atoms with van der Waals surface area (Å²) in [5, 5.41) is 12.2. The average Bonchev–Trinajstić information content (AvgIpc) is 2.99. The first kappa shape index (κ1) is 30.4. The van der Waals surface area contributed by atoms with Crippen LogP contribution in [0.1, 0.15) is 45.7 Å². The second kappa shape index (κ2) is 13.1. The summed E-state index contributed by atoms with van der Waals surface area (Å²) in [6.45, 7) is 2.32. The van der Waals surface area contributed by atoms with E-state index in [0.29, 0.717) is 56.8 Å². The summed E-state index contributed by atoms with van der Waals surface area (Å²) in [5.41, 5.74) is 1.45. The van der Waals surface area contributed by atoms with Crippen LogP contribution in [0.2, 0.25) is 0 Å². The monoisotopic (exact) mass is 610 g/mol. The number of carbonyl (C=O) groups is 2. The van der Waals surface area contributed by atoms with Crippen molar-refractivity contribution >= 4 is 21.7 Å². The maximum atomic E-state index is 14.9. The van der Waals surface area contributed by atoms with Crippen molar-refractivity contribution in [3.05, 3.63) is 83.7 Å². The van der Waals surface area contributed by atoms with E-state index >= 15 is 0 Å². The third kappa shape index (κ3) is 7.88. The molecule has 2 fully saturated rings. The van der Waals surface area contributed by atoms with Crippen LogP contribution >= 0.6 is 0 Å². The van der Waals surface area contributed by atoms with Gasteiger partial charge in [0.05, 0.1) is 16.5 Å². The zero-order valence-corrected chi connectivity index (χ0v) is 24.7. The summed E-state index contributed by atoms with van der Waals surface area (Å²) in [4.78, 5) is 33.9. The summed E-state index contributed by atoms with van der Waals surface area (Å²) >= 11 is 0. The Labute approximate surface area is 250 Å². The molecular formula is C31H35FN4O6S. The molecule has 43 heavy (non-hydrogen) atoms. The van der Waals surface area contributed by atoms with Gasteiger partial charge in [-0.1, -0.05) is 12.1 Å². The predicted molar refractivity (Wildman–Crippen MR) is 157 cm³/mol. The Morgan fingerprint density at radius 2 is 1.70 bits per heavy atom. The first-order valence-corrected chi connectivity index (χ1v) is 16.1. The van der Waals surface area contributed by atoms with Gasteiger partial charge in [0.15, 0.2) is 9.84 Å². The Balaban J connectivity index is 1.07. The van der Waals surface area contributed by atoms with Gasteiger partial charge in [-0.3, -0.25) is 19.5 Å². The molecule has 0 spiro atoms. The fourth-order valence-corrected chi connectivity index (χ4v) is 5.98. The zero-order chi connectivity index (χ0) is 30.6. The third-order valence-electron chi connectivity index (χ3n) is 7.81. The first-order chi connectivity index (χ1) is 20.5. The number of nitrogens with zero attached hydrogens (tertiary/aromatic N) is 3. The highest BCUT2D eigenvalue weighted by Crippen LogP contribution is 2.23. The number of phenols is 1. The van der Waals surface area contributed by atoms with Crippen molar-refractivity contribution in [2.45, 2.75) is 49.0 Å². The molecule has 2 N–H and O–H groups in total. The molecule has 10 nitrogen and oxygen atoms in total. The van der Waals surface area contributed by atoms with Crippen molar-refractivity contribution in [2.24, 2.45) is 0 Å². The number of amides is 2. The second-order valence-electron chi connectivity index (χ2n) is 11.1. The number of sulfone groups is 1. The van der Waals surface area contributed by atoms with E-state index in [9.17, 15) is 27.5 Å². The molecule has 2 aromatic carbocycles. The molecule has 228 valence electrons. The lowest BCUT2D eigenvalue weighted by Gasteiger charge is -2.35. The largest absolute Gasteiger partial charge is 0.508 e. The Bertz CT molecular complexity index is 1530. The van der Waals surface area contributed by atoms with Crippen molar-refractivity contribution < 1.29 is 32.2 Å². The molecule has 2 saturated heterocycles. The maximum absolute atomic E-state index is 14.9. The molecule has 0 unspecified atom stereocenters. The second-order valence-corrected chi connectivity index (χ2v) is 13.1. The van der Waals surface area contributed by atoms with Crippen molar-refractivity contribution in [3.8, 4) is 11.5 Å². The van der Waals surface area contributed by atoms with Crippen LogP contribution in [-0.4, -0.2) is 90.9 Å². The van der Waals surface area contributed by atoms with E-state index < -0.39 is 28.0 Å². The van der Waals surface area contributed by atoms with Crippen LogP contribution in [0, 0.1) is 0 Å². The van der Waals surface area contributed by atoms with Gasteiger partial charge in [-0.15, -0.1) is 0 Å². The number of aromatic hydroxyl groups is 1. The molecule has 0 saturated carbocycles. The number of phenolic OH excluding ortho intramolecular Hbond substituents is 1. The fourth-order valence-electron chi connectivity index (χ4n) is 5.35. The Morgan fingerprint density at radius 3 is 2.30 bits per heavy atom. The minimum atomic E-state index is -3.27. The molecule has 0 radical (unpaired) electrons. The van der Waals surface area contributed by atoms with Crippen LogP contribution in [0.15, 0.2) is 71.8 Å². The van der Waals surface area contributed by atoms with Crippen molar-refractivity contribution in [1.29, 1.82) is 0 Å². The van der Waals surface area contributed by atoms with Crippen LogP contribution in [-0.2, 0) is 16.4 Å². The summed E-state index contributed by atoms with van der Waals surface area (Å²) in [7, 11) is -3.27. The number of likely N-dealkylation sites (tertiary alicyclic amines) is 2. The van der Waals surface area contributed by atoms with Gasteiger partial charge in [0.1, 0.15) is 29.5 Å². The Kier molecular flexibility index (Phi) is 9.26. The van der Waals surface area contributed by atoms with Gasteiger partial charge in [-0.2, -0.15) is 0 Å². The van der Waals surface area contributed by atoms with E-state index in [2.05, 4.69) is 10.3 Å². The maximum Gasteiger partial charge on any atom is 0.270 e. The number of pyridine rings is 1. The first-order valence-electron chi connectivity index (χ1n) is 14.2. The highest BCUT2D eigenvalue weighted by atomic mass is 32.2. The summed E-state index contributed by atoms with van der Waals surface area (Å²) in [5.74, 6) is 0.0830. The third-order valence-corrected chi connectivity index (χ3v) is 8.94. The van der Waals surface area contributed by atoms with Crippen LogP contribution < -0.4 is 10.1 Å². The summed E-state index contributed by atoms with van der Waals surface area (Å²) in [6.07, 6.45) is 2.87. The van der Waals surface area contributed by atoms with E-state index in [0.717, 1.165) is 11.8 Å². The standard InChI is InChI=1S/C31H35FN4O6S/c1-43(40,41)26-9-7-24(8-10-26)42-25-12-16-36(17-13-25)31(39)22-4-11-29(33-18-22)30(38)34-28-14-15-35(20-27(28)32)19-21-2-5-23(37)6-3-21/h2-11,18,25,27-28,37H,12-17,19-20H2,1H3,(H,34,38)/t27-,28-/m1/s1. The Morgan fingerprint density at radius 1 is 1.00 bits per heavy atom. The molecular weight excluding hydrogens is 575 g/mol. The van der Waals surface area contributed by atoms with Gasteiger partial charge in [-0.25, -0.2) is 12.8 Å². The van der Waals surface area contributed by atoms with Gasteiger partial charge in [-0.05, 0) is 60.5 Å². The highest BCUT2D eigenvalue weighted by molar-refractivity contribution is 7.90. The molecule has 2 aliphatic rings. The van der Waals surface area contributed by atoms with Gasteiger partial charge in [0.25, 0.3) is 11.8 Å². The molecule has 0 bridgehead atoms. The molecule has 3 aromatic rings. The number of nitrogens with one attached hydrogen (secondary N) is 1. The van der Waals surface area contributed by atoms with Crippen LogP contribution in [0.25, 0.3) is 0 Å². The molecule has 1 aromatic heterocycles. The number of ether oxygens (including phenoxy) is 1. The lowest BCUT2D eigenvalue weighted by Crippen LogP contribution is -2.52. The van der Waals surface area contributed by atoms with E-state index in [4.69, 9.17) is 4.74 Å². The molecule has 2 atom stereocenters. The quantitative estimate of drug-likeness (QED) is 0.398. The van der Waals surface area contributed by atoms with Crippen LogP contribution in [0.5, 0.6) is 11.5 Å². The molecule has 0 aliphatic carbocycles. The van der Waals surface area contributed by atoms with Gasteiger partial charge >= 0.3 is 0 Å². The van der Waals surface area contributed by atoms with E-state index in [1.54, 1.807) is 47.4 Å². The fraction of sp³-hybridized carbons (Fsp3) is 0.387. The highest BCUT2D eigenvalue weighted by Gasteiger charge is 2.31. The van der Waals surface area contributed by atoms with Crippen molar-refractivity contribution in [3.63, 3.8) is 0 Å². The number of hydrogen-bond acceptors (Lipinski definition) is 8. The zero-order valence-electron chi connectivity index (χ0n) is 23.9. The molecule has 5 rings (SSSR count). The van der Waals surface area contributed by atoms with Crippen LogP contribution in [0.3, 0.4) is 0 Å². The molecule has 3 heterocycles. The van der Waals surface area contributed by atoms with Gasteiger partial charge in [0, 0.05) is 58.0 Å². The lowest BCUT2D eigenvalue weighted by molar-refractivity contribution is 0.0594. The summed E-state index contributed by atoms with van der Waals surface area (Å²) in [6, 6.07) is 15.5. The number of halogens is 1. The molecule has 2 aliphatic heterocycles. The van der Waals surface area contributed by atoms with Gasteiger partial charge < -0.3 is 20.1 Å². The molecule has 12 heteroatoms. The minimum absolute atomic E-state index is 0.101. The number of carbonyl (C=O) groups excluding carboxylic acids is 2. The normalized spacial score (nSPS) is 20.0. The Hall–Kier alpha value is -4.03.